The molecule has 0 spiro atoms. The fourth-order valence-electron chi connectivity index (χ4n) is 1.46. The van der Waals surface area contributed by atoms with Crippen molar-refractivity contribution in [3.63, 3.8) is 0 Å². The van der Waals surface area contributed by atoms with Crippen molar-refractivity contribution in [1.29, 1.82) is 0 Å². The molecule has 1 rings (SSSR count). The molecule has 1 aromatic heterocycles. The van der Waals surface area contributed by atoms with Gasteiger partial charge in [-0.2, -0.15) is 0 Å². The molecule has 0 aromatic carbocycles. The van der Waals surface area contributed by atoms with E-state index in [1.807, 2.05) is 32.9 Å². The Balaban J connectivity index is 2.82. The Morgan fingerprint density at radius 3 is 2.38 bits per heavy atom. The molecule has 1 aromatic rings. The first-order valence-corrected chi connectivity index (χ1v) is 4.51. The lowest BCUT2D eigenvalue weighted by atomic mass is 10.0. The molecule has 0 fully saturated rings. The maximum Gasteiger partial charge on any atom is 0.123 e. The minimum atomic E-state index is 0.0983. The summed E-state index contributed by atoms with van der Waals surface area (Å²) in [6.07, 6.45) is 1.80. The Bertz CT molecular complexity index is 287. The zero-order valence-electron chi connectivity index (χ0n) is 8.37. The first-order chi connectivity index (χ1) is 6.11. The predicted molar refractivity (Wildman–Crippen MR) is 52.6 cm³/mol. The average molecular weight is 177 g/mol. The van der Waals surface area contributed by atoms with Crippen LogP contribution in [0.15, 0.2) is 12.1 Å². The number of hydrogen-bond donors (Lipinski definition) is 0. The van der Waals surface area contributed by atoms with Crippen LogP contribution < -0.4 is 0 Å². The fourth-order valence-corrected chi connectivity index (χ4v) is 1.46. The third kappa shape index (κ3) is 2.98. The molecular formula is C11H15NO. The van der Waals surface area contributed by atoms with Gasteiger partial charge in [0, 0.05) is 17.3 Å². The molecule has 2 heteroatoms. The minimum Gasteiger partial charge on any atom is -0.303 e. The highest BCUT2D eigenvalue weighted by atomic mass is 16.1. The summed E-state index contributed by atoms with van der Waals surface area (Å²) in [5, 5.41) is 0. The molecule has 0 aliphatic heterocycles. The van der Waals surface area contributed by atoms with Gasteiger partial charge in [-0.1, -0.05) is 6.92 Å². The lowest BCUT2D eigenvalue weighted by Crippen LogP contribution is -2.02. The molecule has 0 saturated heterocycles. The molecule has 13 heavy (non-hydrogen) atoms. The molecule has 0 saturated carbocycles. The van der Waals surface area contributed by atoms with E-state index in [2.05, 4.69) is 4.98 Å². The van der Waals surface area contributed by atoms with Gasteiger partial charge in [-0.3, -0.25) is 4.98 Å². The normalized spacial score (nSPS) is 12.5. The molecule has 0 amide bonds. The lowest BCUT2D eigenvalue weighted by molar-refractivity contribution is -0.110. The Kier molecular flexibility index (Phi) is 3.18. The summed E-state index contributed by atoms with van der Waals surface area (Å²) < 4.78 is 0. The van der Waals surface area contributed by atoms with Gasteiger partial charge in [0.2, 0.25) is 0 Å². The molecule has 0 bridgehead atoms. The quantitative estimate of drug-likeness (QED) is 0.661. The van der Waals surface area contributed by atoms with E-state index >= 15 is 0 Å². The van der Waals surface area contributed by atoms with Gasteiger partial charge in [-0.05, 0) is 38.0 Å². The van der Waals surface area contributed by atoms with E-state index in [0.29, 0.717) is 0 Å². The lowest BCUT2D eigenvalue weighted by Gasteiger charge is -2.05. The summed E-state index contributed by atoms with van der Waals surface area (Å²) in [5.41, 5.74) is 3.24. The second-order valence-corrected chi connectivity index (χ2v) is 3.58. The summed E-state index contributed by atoms with van der Waals surface area (Å²) in [6, 6.07) is 4.07. The highest BCUT2D eigenvalue weighted by Gasteiger charge is 2.02. The number of aromatic nitrogens is 1. The topological polar surface area (TPSA) is 30.0 Å². The van der Waals surface area contributed by atoms with Crippen molar-refractivity contribution >= 4 is 6.29 Å². The average Bonchev–Trinajstić information content (AvgIpc) is 2.02. The van der Waals surface area contributed by atoms with Crippen molar-refractivity contribution in [1.82, 2.24) is 4.98 Å². The summed E-state index contributed by atoms with van der Waals surface area (Å²) in [5.74, 6) is 0.0983. The number of aryl methyl sites for hydroxylation is 2. The Morgan fingerprint density at radius 2 is 1.92 bits per heavy atom. The van der Waals surface area contributed by atoms with Crippen LogP contribution >= 0.6 is 0 Å². The molecule has 0 unspecified atom stereocenters. The number of hydrogen-bond acceptors (Lipinski definition) is 2. The number of rotatable bonds is 3. The Hall–Kier alpha value is -1.18. The van der Waals surface area contributed by atoms with Gasteiger partial charge in [-0.15, -0.1) is 0 Å². The van der Waals surface area contributed by atoms with E-state index < -0.39 is 0 Å². The van der Waals surface area contributed by atoms with Crippen LogP contribution in [0.3, 0.4) is 0 Å². The van der Waals surface area contributed by atoms with E-state index in [9.17, 15) is 4.79 Å². The van der Waals surface area contributed by atoms with Crippen molar-refractivity contribution < 1.29 is 4.79 Å². The second kappa shape index (κ2) is 4.17. The van der Waals surface area contributed by atoms with E-state index in [-0.39, 0.29) is 5.92 Å². The van der Waals surface area contributed by atoms with Gasteiger partial charge >= 0.3 is 0 Å². The molecular weight excluding hydrogens is 162 g/mol. The van der Waals surface area contributed by atoms with Gasteiger partial charge in [0.15, 0.2) is 0 Å². The van der Waals surface area contributed by atoms with Gasteiger partial charge in [0.05, 0.1) is 0 Å². The van der Waals surface area contributed by atoms with Crippen LogP contribution in [0.25, 0.3) is 0 Å². The molecule has 2 nitrogen and oxygen atoms in total. The van der Waals surface area contributed by atoms with E-state index in [1.54, 1.807) is 0 Å². The van der Waals surface area contributed by atoms with Gasteiger partial charge in [0.1, 0.15) is 6.29 Å². The molecule has 0 N–H and O–H groups in total. The maximum absolute atomic E-state index is 10.5. The fraction of sp³-hybridized carbons (Fsp3) is 0.455. The van der Waals surface area contributed by atoms with Crippen molar-refractivity contribution in [2.45, 2.75) is 27.2 Å². The van der Waals surface area contributed by atoms with E-state index in [1.165, 1.54) is 5.56 Å². The van der Waals surface area contributed by atoms with Crippen LogP contribution in [0.1, 0.15) is 23.9 Å². The molecule has 0 aliphatic rings. The first kappa shape index (κ1) is 9.90. The SMILES string of the molecule is Cc1cc(C[C@H](C)C=O)cc(C)n1. The molecule has 0 radical (unpaired) electrons. The van der Waals surface area contributed by atoms with Crippen molar-refractivity contribution in [2.75, 3.05) is 0 Å². The van der Waals surface area contributed by atoms with Gasteiger partial charge in [0.25, 0.3) is 0 Å². The largest absolute Gasteiger partial charge is 0.303 e. The Morgan fingerprint density at radius 1 is 1.38 bits per heavy atom. The zero-order chi connectivity index (χ0) is 9.84. The third-order valence-electron chi connectivity index (χ3n) is 1.93. The number of carbonyl (C=O) groups is 1. The highest BCUT2D eigenvalue weighted by molar-refractivity contribution is 5.53. The third-order valence-corrected chi connectivity index (χ3v) is 1.93. The summed E-state index contributed by atoms with van der Waals surface area (Å²) in [4.78, 5) is 14.7. The van der Waals surface area contributed by atoms with Crippen LogP contribution in [0, 0.1) is 19.8 Å². The summed E-state index contributed by atoms with van der Waals surface area (Å²) in [7, 11) is 0. The molecule has 0 aliphatic carbocycles. The Labute approximate surface area is 79.0 Å². The minimum absolute atomic E-state index is 0.0983. The van der Waals surface area contributed by atoms with Crippen LogP contribution in [0.2, 0.25) is 0 Å². The zero-order valence-corrected chi connectivity index (χ0v) is 8.37. The molecule has 1 atom stereocenters. The number of aldehydes is 1. The predicted octanol–water partition coefficient (Wildman–Crippen LogP) is 2.08. The highest BCUT2D eigenvalue weighted by Crippen LogP contribution is 2.09. The van der Waals surface area contributed by atoms with Crippen molar-refractivity contribution in [3.05, 3.63) is 29.1 Å². The van der Waals surface area contributed by atoms with Crippen molar-refractivity contribution in [3.8, 4) is 0 Å². The smallest absolute Gasteiger partial charge is 0.123 e. The van der Waals surface area contributed by atoms with Gasteiger partial charge < -0.3 is 4.79 Å². The standard InChI is InChI=1S/C11H15NO/c1-8(7-13)4-11-5-9(2)12-10(3)6-11/h5-8H,4H2,1-3H3/t8-/m0/s1. The van der Waals surface area contributed by atoms with E-state index in [4.69, 9.17) is 0 Å². The van der Waals surface area contributed by atoms with Crippen LogP contribution in [-0.4, -0.2) is 11.3 Å². The number of nitrogens with zero attached hydrogens (tertiary/aromatic N) is 1. The first-order valence-electron chi connectivity index (χ1n) is 4.51. The summed E-state index contributed by atoms with van der Waals surface area (Å²) in [6.45, 7) is 5.88. The summed E-state index contributed by atoms with van der Waals surface area (Å²) >= 11 is 0. The maximum atomic E-state index is 10.5. The van der Waals surface area contributed by atoms with Crippen LogP contribution in [-0.2, 0) is 11.2 Å². The van der Waals surface area contributed by atoms with E-state index in [0.717, 1.165) is 24.1 Å². The number of carbonyl (C=O) groups excluding carboxylic acids is 1. The second-order valence-electron chi connectivity index (χ2n) is 3.58. The van der Waals surface area contributed by atoms with Crippen molar-refractivity contribution in [2.24, 2.45) is 5.92 Å². The molecule has 1 heterocycles. The molecule has 70 valence electrons. The van der Waals surface area contributed by atoms with Gasteiger partial charge in [-0.25, -0.2) is 0 Å². The van der Waals surface area contributed by atoms with Crippen LogP contribution in [0.5, 0.6) is 0 Å². The van der Waals surface area contributed by atoms with Crippen LogP contribution in [0.4, 0.5) is 0 Å². The number of pyridine rings is 1. The monoisotopic (exact) mass is 177 g/mol.